The normalized spacial score (nSPS) is 11.1. The van der Waals surface area contributed by atoms with Crippen molar-refractivity contribution in [2.24, 2.45) is 0 Å². The number of halogens is 3. The van der Waals surface area contributed by atoms with Crippen molar-refractivity contribution in [3.8, 4) is 5.88 Å². The van der Waals surface area contributed by atoms with Crippen molar-refractivity contribution in [1.82, 2.24) is 4.98 Å². The zero-order valence-electron chi connectivity index (χ0n) is 10.8. The minimum absolute atomic E-state index is 0.0637. The molecule has 0 N–H and O–H groups in total. The van der Waals surface area contributed by atoms with Gasteiger partial charge in [0.05, 0.1) is 13.5 Å². The fourth-order valence-electron chi connectivity index (χ4n) is 1.32. The average molecular weight is 291 g/mol. The number of esters is 1. The number of pyridine rings is 1. The Kier molecular flexibility index (Phi) is 5.06. The number of ether oxygens (including phenoxy) is 2. The molecular weight excluding hydrogens is 279 g/mol. The van der Waals surface area contributed by atoms with Crippen LogP contribution in [0.3, 0.4) is 0 Å². The maximum atomic E-state index is 12.1. The van der Waals surface area contributed by atoms with Crippen molar-refractivity contribution in [2.45, 2.75) is 19.5 Å². The van der Waals surface area contributed by atoms with Crippen LogP contribution in [0.25, 0.3) is 0 Å². The third kappa shape index (κ3) is 4.87. The van der Waals surface area contributed by atoms with Crippen molar-refractivity contribution in [3.05, 3.63) is 23.4 Å². The van der Waals surface area contributed by atoms with Crippen LogP contribution in [0.5, 0.6) is 5.88 Å². The van der Waals surface area contributed by atoms with Gasteiger partial charge in [0.15, 0.2) is 12.4 Å². The molecule has 0 saturated heterocycles. The monoisotopic (exact) mass is 291 g/mol. The third-order valence-corrected chi connectivity index (χ3v) is 2.27. The Labute approximate surface area is 112 Å². The molecule has 0 amide bonds. The standard InChI is InChI=1S/C12H12F3NO4/c1-7(17)9-3-8(4-10(18)19-2)11(16-5-9)20-6-12(13,14)15/h3,5H,4,6H2,1-2H3. The van der Waals surface area contributed by atoms with E-state index in [4.69, 9.17) is 0 Å². The Morgan fingerprint density at radius 2 is 2.00 bits per heavy atom. The molecular formula is C12H12F3NO4. The van der Waals surface area contributed by atoms with Gasteiger partial charge in [-0.2, -0.15) is 13.2 Å². The maximum Gasteiger partial charge on any atom is 0.422 e. The highest BCUT2D eigenvalue weighted by atomic mass is 19.4. The third-order valence-electron chi connectivity index (χ3n) is 2.27. The van der Waals surface area contributed by atoms with Crippen LogP contribution in [0.1, 0.15) is 22.8 Å². The number of carbonyl (C=O) groups is 2. The largest absolute Gasteiger partial charge is 0.469 e. The number of alkyl halides is 3. The number of hydrogen-bond acceptors (Lipinski definition) is 5. The molecule has 1 heterocycles. The summed E-state index contributed by atoms with van der Waals surface area (Å²) in [5.74, 6) is -1.35. The van der Waals surface area contributed by atoms with E-state index in [9.17, 15) is 22.8 Å². The predicted octanol–water partition coefficient (Wildman–Crippen LogP) is 1.94. The first kappa shape index (κ1) is 15.9. The molecule has 1 aromatic heterocycles. The molecule has 1 aromatic rings. The molecule has 5 nitrogen and oxygen atoms in total. The van der Waals surface area contributed by atoms with E-state index in [1.54, 1.807) is 0 Å². The Hall–Kier alpha value is -2.12. The first-order valence-corrected chi connectivity index (χ1v) is 5.49. The molecule has 0 atom stereocenters. The van der Waals surface area contributed by atoms with Crippen LogP contribution in [-0.2, 0) is 16.0 Å². The van der Waals surface area contributed by atoms with Crippen molar-refractivity contribution in [3.63, 3.8) is 0 Å². The molecule has 0 aliphatic rings. The quantitative estimate of drug-likeness (QED) is 0.612. The molecule has 0 saturated carbocycles. The van der Waals surface area contributed by atoms with Gasteiger partial charge >= 0.3 is 12.1 Å². The SMILES string of the molecule is COC(=O)Cc1cc(C(C)=O)cnc1OCC(F)(F)F. The molecule has 0 bridgehead atoms. The van der Waals surface area contributed by atoms with Gasteiger partial charge in [-0.1, -0.05) is 0 Å². The summed E-state index contributed by atoms with van der Waals surface area (Å²) in [7, 11) is 1.14. The molecule has 0 unspecified atom stereocenters. The van der Waals surface area contributed by atoms with Gasteiger partial charge in [-0.15, -0.1) is 0 Å². The lowest BCUT2D eigenvalue weighted by atomic mass is 10.1. The second-order valence-electron chi connectivity index (χ2n) is 3.90. The Bertz CT molecular complexity index is 514. The molecule has 0 radical (unpaired) electrons. The van der Waals surface area contributed by atoms with Crippen LogP contribution in [0, 0.1) is 0 Å². The molecule has 8 heteroatoms. The van der Waals surface area contributed by atoms with Gasteiger partial charge in [0.2, 0.25) is 5.88 Å². The van der Waals surface area contributed by atoms with Crippen molar-refractivity contribution in [1.29, 1.82) is 0 Å². The topological polar surface area (TPSA) is 65.5 Å². The summed E-state index contributed by atoms with van der Waals surface area (Å²) in [5, 5.41) is 0. The molecule has 110 valence electrons. The van der Waals surface area contributed by atoms with E-state index >= 15 is 0 Å². The summed E-state index contributed by atoms with van der Waals surface area (Å²) in [5.41, 5.74) is 0.233. The summed E-state index contributed by atoms with van der Waals surface area (Å²) >= 11 is 0. The van der Waals surface area contributed by atoms with Crippen molar-refractivity contribution < 1.29 is 32.2 Å². The Morgan fingerprint density at radius 1 is 1.35 bits per heavy atom. The van der Waals surface area contributed by atoms with Crippen LogP contribution in [0.15, 0.2) is 12.3 Å². The highest BCUT2D eigenvalue weighted by Crippen LogP contribution is 2.22. The van der Waals surface area contributed by atoms with Crippen LogP contribution in [0.2, 0.25) is 0 Å². The van der Waals surface area contributed by atoms with Crippen molar-refractivity contribution >= 4 is 11.8 Å². The Morgan fingerprint density at radius 3 is 2.50 bits per heavy atom. The van der Waals surface area contributed by atoms with Crippen LogP contribution < -0.4 is 4.74 Å². The highest BCUT2D eigenvalue weighted by molar-refractivity contribution is 5.94. The number of Topliss-reactive ketones (excluding diaryl/α,β-unsaturated/α-hetero) is 1. The summed E-state index contributed by atoms with van der Waals surface area (Å²) < 4.78 is 45.3. The van der Waals surface area contributed by atoms with Gasteiger partial charge in [0.25, 0.3) is 0 Å². The summed E-state index contributed by atoms with van der Waals surface area (Å²) in [4.78, 5) is 26.0. The number of methoxy groups -OCH3 is 1. The lowest BCUT2D eigenvalue weighted by molar-refractivity contribution is -0.154. The van der Waals surface area contributed by atoms with Crippen LogP contribution >= 0.6 is 0 Å². The summed E-state index contributed by atoms with van der Waals surface area (Å²) in [6.45, 7) is -0.261. The van der Waals surface area contributed by atoms with Gasteiger partial charge < -0.3 is 9.47 Å². The first-order chi connectivity index (χ1) is 9.23. The second-order valence-corrected chi connectivity index (χ2v) is 3.90. The number of carbonyl (C=O) groups excluding carboxylic acids is 2. The Balaban J connectivity index is 3.02. The summed E-state index contributed by atoms with van der Waals surface area (Å²) in [6, 6.07) is 1.26. The fourth-order valence-corrected chi connectivity index (χ4v) is 1.32. The minimum atomic E-state index is -4.52. The van der Waals surface area contributed by atoms with Gasteiger partial charge in [-0.05, 0) is 13.0 Å². The van der Waals surface area contributed by atoms with E-state index in [1.807, 2.05) is 0 Å². The van der Waals surface area contributed by atoms with Gasteiger partial charge in [0.1, 0.15) is 0 Å². The van der Waals surface area contributed by atoms with Crippen molar-refractivity contribution in [2.75, 3.05) is 13.7 Å². The van der Waals surface area contributed by atoms with Gasteiger partial charge in [0, 0.05) is 17.3 Å². The molecule has 1 rings (SSSR count). The smallest absolute Gasteiger partial charge is 0.422 e. The second kappa shape index (κ2) is 6.36. The highest BCUT2D eigenvalue weighted by Gasteiger charge is 2.29. The number of rotatable bonds is 5. The first-order valence-electron chi connectivity index (χ1n) is 5.49. The molecule has 20 heavy (non-hydrogen) atoms. The molecule has 0 aromatic carbocycles. The lowest BCUT2D eigenvalue weighted by Gasteiger charge is -2.12. The molecule has 0 spiro atoms. The van der Waals surface area contributed by atoms with Gasteiger partial charge in [-0.25, -0.2) is 4.98 Å². The number of nitrogens with zero attached hydrogens (tertiary/aromatic N) is 1. The predicted molar refractivity (Wildman–Crippen MR) is 61.5 cm³/mol. The van der Waals surface area contributed by atoms with Gasteiger partial charge in [-0.3, -0.25) is 9.59 Å². The zero-order chi connectivity index (χ0) is 15.3. The maximum absolute atomic E-state index is 12.1. The van der Waals surface area contributed by atoms with E-state index < -0.39 is 18.8 Å². The molecule has 0 aliphatic carbocycles. The fraction of sp³-hybridized carbons (Fsp3) is 0.417. The average Bonchev–Trinajstić information content (AvgIpc) is 2.35. The summed E-state index contributed by atoms with van der Waals surface area (Å²) in [6.07, 6.45) is -3.77. The van der Waals surface area contributed by atoms with Crippen LogP contribution in [-0.4, -0.2) is 36.6 Å². The van der Waals surface area contributed by atoms with Crippen LogP contribution in [0.4, 0.5) is 13.2 Å². The van der Waals surface area contributed by atoms with E-state index in [1.165, 1.54) is 13.0 Å². The number of ketones is 1. The number of aromatic nitrogens is 1. The molecule has 0 aliphatic heterocycles. The molecule has 0 fully saturated rings. The lowest BCUT2D eigenvalue weighted by Crippen LogP contribution is -2.21. The van der Waals surface area contributed by atoms with E-state index in [0.29, 0.717) is 0 Å². The minimum Gasteiger partial charge on any atom is -0.469 e. The zero-order valence-corrected chi connectivity index (χ0v) is 10.8. The number of hydrogen-bond donors (Lipinski definition) is 0. The van der Waals surface area contributed by atoms with E-state index in [0.717, 1.165) is 13.3 Å². The van der Waals surface area contributed by atoms with E-state index in [-0.39, 0.29) is 29.2 Å². The van der Waals surface area contributed by atoms with E-state index in [2.05, 4.69) is 14.5 Å².